The number of imide groups is 1. The number of hydrogen-bond acceptors (Lipinski definition) is 9. The third-order valence-corrected chi connectivity index (χ3v) is 7.67. The molecule has 208 valence electrons. The first kappa shape index (κ1) is 29.4. The zero-order chi connectivity index (χ0) is 27.0. The van der Waals surface area contributed by atoms with Crippen molar-refractivity contribution >= 4 is 29.7 Å². The van der Waals surface area contributed by atoms with Crippen molar-refractivity contribution in [3.8, 4) is 0 Å². The molecule has 1 unspecified atom stereocenters. The summed E-state index contributed by atoms with van der Waals surface area (Å²) in [7, 11) is 3.99. The minimum absolute atomic E-state index is 0.138. The number of hydrogen-bond donors (Lipinski definition) is 1. The predicted molar refractivity (Wildman–Crippen MR) is 141 cm³/mol. The highest BCUT2D eigenvalue weighted by molar-refractivity contribution is 7.99. The summed E-state index contributed by atoms with van der Waals surface area (Å²) in [6, 6.07) is 0. The van der Waals surface area contributed by atoms with E-state index in [1.165, 1.54) is 11.8 Å². The molecule has 11 heteroatoms. The summed E-state index contributed by atoms with van der Waals surface area (Å²) < 4.78 is 11.4. The molecule has 1 saturated heterocycles. The van der Waals surface area contributed by atoms with Crippen LogP contribution in [0.2, 0.25) is 0 Å². The number of rotatable bonds is 8. The molecular weight excluding hydrogens is 494 g/mol. The molecule has 3 rings (SSSR count). The monoisotopic (exact) mass is 537 g/mol. The van der Waals surface area contributed by atoms with E-state index >= 15 is 0 Å². The fourth-order valence-corrected chi connectivity index (χ4v) is 5.71. The zero-order valence-electron chi connectivity index (χ0n) is 23.0. The van der Waals surface area contributed by atoms with Crippen molar-refractivity contribution in [3.63, 3.8) is 0 Å². The Bertz CT molecular complexity index is 899. The molecule has 1 aliphatic heterocycles. The van der Waals surface area contributed by atoms with E-state index in [0.29, 0.717) is 31.2 Å². The number of piperidine rings is 1. The molecule has 1 saturated carbocycles. The van der Waals surface area contributed by atoms with Gasteiger partial charge in [0.1, 0.15) is 11.5 Å². The van der Waals surface area contributed by atoms with Crippen LogP contribution in [0.5, 0.6) is 0 Å². The summed E-state index contributed by atoms with van der Waals surface area (Å²) in [4.78, 5) is 42.8. The second-order valence-corrected chi connectivity index (χ2v) is 12.4. The average molecular weight is 538 g/mol. The second-order valence-electron chi connectivity index (χ2n) is 11.4. The van der Waals surface area contributed by atoms with Crippen molar-refractivity contribution < 1.29 is 23.5 Å². The number of thioether (sulfide) groups is 1. The summed E-state index contributed by atoms with van der Waals surface area (Å²) >= 11 is 1.44. The lowest BCUT2D eigenvalue weighted by Crippen LogP contribution is -2.46. The maximum absolute atomic E-state index is 13.5. The highest BCUT2D eigenvalue weighted by Gasteiger charge is 2.39. The Morgan fingerprint density at radius 2 is 1.73 bits per heavy atom. The largest absolute Gasteiger partial charge is 0.444 e. The van der Waals surface area contributed by atoms with Crippen LogP contribution in [-0.2, 0) is 14.3 Å². The molecule has 1 aliphatic carbocycles. The summed E-state index contributed by atoms with van der Waals surface area (Å²) in [5.41, 5.74) is -0.570. The zero-order valence-corrected chi connectivity index (χ0v) is 23.8. The third kappa shape index (κ3) is 9.28. The Labute approximate surface area is 224 Å². The molecule has 0 aromatic carbocycles. The smallest absolute Gasteiger partial charge is 0.410 e. The van der Waals surface area contributed by atoms with E-state index < -0.39 is 17.4 Å². The standard InChI is InChI=1S/C26H43N5O5S/c1-26(2,3)36-25(34)31-14-12-18(13-15-31)20(23-28-29-24(35-23)37-17-16-30(4)5)22(33)27-21(32)19-10-8-6-7-9-11-19/h18-20H,6-17H2,1-5H3,(H,27,32,33). The van der Waals surface area contributed by atoms with Crippen LogP contribution in [0.25, 0.3) is 0 Å². The highest BCUT2D eigenvalue weighted by atomic mass is 32.2. The molecule has 0 radical (unpaired) electrons. The van der Waals surface area contributed by atoms with E-state index in [-0.39, 0.29) is 29.7 Å². The number of carbonyl (C=O) groups is 3. The Balaban J connectivity index is 1.70. The topological polar surface area (TPSA) is 118 Å². The van der Waals surface area contributed by atoms with Gasteiger partial charge in [0.25, 0.3) is 5.22 Å². The van der Waals surface area contributed by atoms with Gasteiger partial charge in [-0.25, -0.2) is 4.79 Å². The molecule has 1 aromatic heterocycles. The van der Waals surface area contributed by atoms with Crippen molar-refractivity contribution in [2.45, 2.75) is 88.9 Å². The van der Waals surface area contributed by atoms with Crippen molar-refractivity contribution in [2.24, 2.45) is 11.8 Å². The van der Waals surface area contributed by atoms with Gasteiger partial charge >= 0.3 is 6.09 Å². The fourth-order valence-electron chi connectivity index (χ4n) is 4.83. The van der Waals surface area contributed by atoms with Gasteiger partial charge < -0.3 is 19.0 Å². The van der Waals surface area contributed by atoms with Crippen LogP contribution in [0.1, 0.15) is 83.9 Å². The van der Waals surface area contributed by atoms with Gasteiger partial charge in [0.2, 0.25) is 17.7 Å². The van der Waals surface area contributed by atoms with E-state index in [1.807, 2.05) is 34.9 Å². The Morgan fingerprint density at radius 3 is 2.32 bits per heavy atom. The maximum atomic E-state index is 13.5. The van der Waals surface area contributed by atoms with Crippen molar-refractivity contribution in [2.75, 3.05) is 39.5 Å². The molecule has 1 atom stereocenters. The number of nitrogens with zero attached hydrogens (tertiary/aromatic N) is 4. The number of ether oxygens (including phenoxy) is 1. The van der Waals surface area contributed by atoms with E-state index in [1.54, 1.807) is 4.90 Å². The fraction of sp³-hybridized carbons (Fsp3) is 0.808. The summed E-state index contributed by atoms with van der Waals surface area (Å²) in [6.45, 7) is 7.29. The summed E-state index contributed by atoms with van der Waals surface area (Å²) in [5, 5.41) is 11.5. The van der Waals surface area contributed by atoms with E-state index in [4.69, 9.17) is 9.15 Å². The van der Waals surface area contributed by atoms with Gasteiger partial charge in [-0.2, -0.15) is 0 Å². The van der Waals surface area contributed by atoms with Crippen LogP contribution >= 0.6 is 11.8 Å². The first-order chi connectivity index (χ1) is 17.5. The quantitative estimate of drug-likeness (QED) is 0.387. The molecule has 3 amide bonds. The number of nitrogens with one attached hydrogen (secondary N) is 1. The molecule has 1 N–H and O–H groups in total. The molecule has 0 spiro atoms. The first-order valence-corrected chi connectivity index (χ1v) is 14.5. The minimum Gasteiger partial charge on any atom is -0.444 e. The minimum atomic E-state index is -0.744. The summed E-state index contributed by atoms with van der Waals surface area (Å²) in [6.07, 6.45) is 6.69. The molecule has 2 heterocycles. The number of carbonyl (C=O) groups excluding carboxylic acids is 3. The molecule has 0 bridgehead atoms. The van der Waals surface area contributed by atoms with Crippen molar-refractivity contribution in [3.05, 3.63) is 5.89 Å². The average Bonchev–Trinajstić information content (AvgIpc) is 3.09. The molecule has 2 aliphatic rings. The van der Waals surface area contributed by atoms with Crippen molar-refractivity contribution in [1.29, 1.82) is 0 Å². The maximum Gasteiger partial charge on any atom is 0.410 e. The molecule has 10 nitrogen and oxygen atoms in total. The van der Waals surface area contributed by atoms with Gasteiger partial charge in [-0.05, 0) is 66.5 Å². The SMILES string of the molecule is CN(C)CCSc1nnc(C(C(=O)NC(=O)C2CCCCCC2)C2CCN(C(=O)OC(C)(C)C)CC2)o1. The lowest BCUT2D eigenvalue weighted by Gasteiger charge is -2.35. The van der Waals surface area contributed by atoms with Crippen LogP contribution < -0.4 is 5.32 Å². The molecule has 37 heavy (non-hydrogen) atoms. The second kappa shape index (κ2) is 13.6. The summed E-state index contributed by atoms with van der Waals surface area (Å²) in [5.74, 6) is -0.608. The van der Waals surface area contributed by atoms with Gasteiger partial charge in [-0.3, -0.25) is 14.9 Å². The van der Waals surface area contributed by atoms with Crippen LogP contribution in [0.4, 0.5) is 4.79 Å². The molecular formula is C26H43N5O5S. The normalized spacial score (nSPS) is 18.9. The number of amides is 3. The van der Waals surface area contributed by atoms with Gasteiger partial charge in [0.15, 0.2) is 0 Å². The van der Waals surface area contributed by atoms with Gasteiger partial charge in [0.05, 0.1) is 0 Å². The molecule has 1 aromatic rings. The Kier molecular flexibility index (Phi) is 10.8. The van der Waals surface area contributed by atoms with Crippen LogP contribution in [0.15, 0.2) is 9.64 Å². The highest BCUT2D eigenvalue weighted by Crippen LogP contribution is 2.34. The van der Waals surface area contributed by atoms with Gasteiger partial charge in [0, 0.05) is 31.3 Å². The number of aromatic nitrogens is 2. The van der Waals surface area contributed by atoms with E-state index in [2.05, 4.69) is 20.4 Å². The van der Waals surface area contributed by atoms with Crippen molar-refractivity contribution in [1.82, 2.24) is 25.3 Å². The van der Waals surface area contributed by atoms with E-state index in [9.17, 15) is 14.4 Å². The van der Waals surface area contributed by atoms with Crippen LogP contribution in [0, 0.1) is 11.8 Å². The van der Waals surface area contributed by atoms with Crippen LogP contribution in [0.3, 0.4) is 0 Å². The Hall–Kier alpha value is -2.14. The third-order valence-electron chi connectivity index (χ3n) is 6.87. The predicted octanol–water partition coefficient (Wildman–Crippen LogP) is 4.07. The lowest BCUT2D eigenvalue weighted by atomic mass is 9.83. The molecule has 2 fully saturated rings. The Morgan fingerprint density at radius 1 is 1.08 bits per heavy atom. The number of likely N-dealkylation sites (tertiary alicyclic amines) is 1. The van der Waals surface area contributed by atoms with E-state index in [0.717, 1.165) is 50.8 Å². The van der Waals surface area contributed by atoms with Crippen LogP contribution in [-0.4, -0.2) is 83.0 Å². The van der Waals surface area contributed by atoms with Gasteiger partial charge in [-0.15, -0.1) is 10.2 Å². The van der Waals surface area contributed by atoms with Gasteiger partial charge in [-0.1, -0.05) is 37.4 Å². The first-order valence-electron chi connectivity index (χ1n) is 13.5. The lowest BCUT2D eigenvalue weighted by molar-refractivity contribution is -0.135.